The molecule has 0 radical (unpaired) electrons. The highest BCUT2D eigenvalue weighted by Crippen LogP contribution is 2.29. The van der Waals surface area contributed by atoms with Gasteiger partial charge in [-0.2, -0.15) is 5.26 Å². The molecule has 0 aromatic heterocycles. The van der Waals surface area contributed by atoms with Gasteiger partial charge in [-0.05, 0) is 69.3 Å². The first-order valence-electron chi connectivity index (χ1n) is 10.8. The number of anilines is 1. The molecule has 0 aliphatic heterocycles. The Bertz CT molecular complexity index is 1210. The number of hydrogen-bond donors (Lipinski definition) is 2. The van der Waals surface area contributed by atoms with Crippen LogP contribution in [-0.4, -0.2) is 37.3 Å². The monoisotopic (exact) mass is 477 g/mol. The summed E-state index contributed by atoms with van der Waals surface area (Å²) < 4.78 is 0. The lowest BCUT2D eigenvalue weighted by atomic mass is 10.0. The number of benzene rings is 2. The fraction of sp³-hybridized carbons (Fsp3) is 0.269. The highest BCUT2D eigenvalue weighted by atomic mass is 35.5. The van der Waals surface area contributed by atoms with E-state index in [0.29, 0.717) is 58.2 Å². The van der Waals surface area contributed by atoms with Gasteiger partial charge in [-0.25, -0.2) is 0 Å². The summed E-state index contributed by atoms with van der Waals surface area (Å²) in [5, 5.41) is 15.4. The maximum absolute atomic E-state index is 13.5. The second-order valence-corrected chi connectivity index (χ2v) is 8.05. The minimum absolute atomic E-state index is 0.167. The summed E-state index contributed by atoms with van der Waals surface area (Å²) in [6.45, 7) is 11.5. The van der Waals surface area contributed by atoms with E-state index in [0.717, 1.165) is 0 Å². The maximum Gasteiger partial charge on any atom is 0.274 e. The third-order valence-corrected chi connectivity index (χ3v) is 5.40. The summed E-state index contributed by atoms with van der Waals surface area (Å²) in [6.07, 6.45) is 0.538. The standard InChI is InChI=1S/C26H28ClN5O2/c1-6-30-25(33)21-14-19(15-28)13-16(2)23(21)32-26(34)24(31-17(3)11-12-29-5)18(4)20-9-7-8-10-22(20)27/h7-10,13-14H,5-6,11-12H2,1-4H3,(H,30,33)(H,32,34)/b24-18+,31-17?. The van der Waals surface area contributed by atoms with Gasteiger partial charge in [-0.15, -0.1) is 0 Å². The number of nitriles is 1. The number of rotatable bonds is 9. The zero-order valence-electron chi connectivity index (χ0n) is 19.8. The van der Waals surface area contributed by atoms with E-state index in [1.165, 1.54) is 6.07 Å². The van der Waals surface area contributed by atoms with E-state index in [1.807, 2.05) is 31.2 Å². The summed E-state index contributed by atoms with van der Waals surface area (Å²) in [6, 6.07) is 12.3. The molecule has 7 nitrogen and oxygen atoms in total. The molecule has 2 rings (SSSR count). The van der Waals surface area contributed by atoms with Crippen molar-refractivity contribution in [1.29, 1.82) is 5.26 Å². The number of nitrogens with zero attached hydrogens (tertiary/aromatic N) is 3. The fourth-order valence-corrected chi connectivity index (χ4v) is 3.59. The van der Waals surface area contributed by atoms with E-state index >= 15 is 0 Å². The van der Waals surface area contributed by atoms with Crippen molar-refractivity contribution in [3.63, 3.8) is 0 Å². The first-order chi connectivity index (χ1) is 16.2. The first kappa shape index (κ1) is 26.5. The van der Waals surface area contributed by atoms with E-state index in [2.05, 4.69) is 27.3 Å². The zero-order chi connectivity index (χ0) is 25.3. The molecule has 0 bridgehead atoms. The molecular formula is C26H28ClN5O2. The Labute approximate surface area is 205 Å². The Morgan fingerprint density at radius 2 is 1.88 bits per heavy atom. The van der Waals surface area contributed by atoms with E-state index in [9.17, 15) is 14.9 Å². The molecule has 2 aromatic rings. The molecule has 0 aliphatic rings. The maximum atomic E-state index is 13.5. The Kier molecular flexibility index (Phi) is 9.72. The smallest absolute Gasteiger partial charge is 0.274 e. The average Bonchev–Trinajstić information content (AvgIpc) is 2.82. The molecule has 34 heavy (non-hydrogen) atoms. The fourth-order valence-electron chi connectivity index (χ4n) is 3.31. The van der Waals surface area contributed by atoms with Gasteiger partial charge in [0.15, 0.2) is 0 Å². The molecular weight excluding hydrogens is 450 g/mol. The second kappa shape index (κ2) is 12.5. The number of allylic oxidation sites excluding steroid dienone is 1. The largest absolute Gasteiger partial charge is 0.352 e. The number of aliphatic imine (C=N–C) groups is 2. The third-order valence-electron chi connectivity index (χ3n) is 5.07. The first-order valence-corrected chi connectivity index (χ1v) is 11.2. The average molecular weight is 478 g/mol. The third kappa shape index (κ3) is 6.63. The molecule has 0 aliphatic carbocycles. The molecule has 0 saturated carbocycles. The molecule has 8 heteroatoms. The van der Waals surface area contributed by atoms with Crippen LogP contribution in [0.15, 0.2) is 52.1 Å². The van der Waals surface area contributed by atoms with E-state index in [4.69, 9.17) is 11.6 Å². The SMILES string of the molecule is C=NCCC(C)=N/C(C(=O)Nc1c(C)cc(C#N)cc1C(=O)NCC)=C(\C)c1ccccc1Cl. The predicted octanol–water partition coefficient (Wildman–Crippen LogP) is 5.19. The Morgan fingerprint density at radius 3 is 2.50 bits per heavy atom. The van der Waals surface area contributed by atoms with Crippen molar-refractivity contribution in [2.45, 2.75) is 34.1 Å². The summed E-state index contributed by atoms with van der Waals surface area (Å²) in [5.41, 5.74) is 3.56. The lowest BCUT2D eigenvalue weighted by molar-refractivity contribution is -0.112. The molecule has 0 saturated heterocycles. The van der Waals surface area contributed by atoms with Gasteiger partial charge in [0.1, 0.15) is 5.70 Å². The number of halogens is 1. The van der Waals surface area contributed by atoms with Gasteiger partial charge in [0.25, 0.3) is 11.8 Å². The Morgan fingerprint density at radius 1 is 1.18 bits per heavy atom. The van der Waals surface area contributed by atoms with Crippen LogP contribution in [-0.2, 0) is 4.79 Å². The minimum atomic E-state index is -0.498. The normalized spacial score (nSPS) is 11.8. The molecule has 0 unspecified atom stereocenters. The number of carbonyl (C=O) groups excluding carboxylic acids is 2. The van der Waals surface area contributed by atoms with Gasteiger partial charge >= 0.3 is 0 Å². The van der Waals surface area contributed by atoms with Gasteiger partial charge in [-0.3, -0.25) is 14.6 Å². The summed E-state index contributed by atoms with van der Waals surface area (Å²) >= 11 is 6.39. The zero-order valence-corrected chi connectivity index (χ0v) is 20.6. The molecule has 176 valence electrons. The van der Waals surface area contributed by atoms with Crippen LogP contribution in [0.25, 0.3) is 5.57 Å². The second-order valence-electron chi connectivity index (χ2n) is 7.64. The Hall–Kier alpha value is -3.76. The molecule has 0 heterocycles. The number of nitrogens with one attached hydrogen (secondary N) is 2. The van der Waals surface area contributed by atoms with Crippen molar-refractivity contribution in [3.05, 3.63) is 69.4 Å². The summed E-state index contributed by atoms with van der Waals surface area (Å²) in [4.78, 5) is 34.7. The highest BCUT2D eigenvalue weighted by molar-refractivity contribution is 6.32. The highest BCUT2D eigenvalue weighted by Gasteiger charge is 2.21. The van der Waals surface area contributed by atoms with Crippen molar-refractivity contribution in [2.75, 3.05) is 18.4 Å². The molecule has 2 N–H and O–H groups in total. The molecule has 0 fully saturated rings. The van der Waals surface area contributed by atoms with Crippen molar-refractivity contribution >= 4 is 47.1 Å². The number of hydrogen-bond acceptors (Lipinski definition) is 5. The van der Waals surface area contributed by atoms with Crippen molar-refractivity contribution in [2.24, 2.45) is 9.98 Å². The summed E-state index contributed by atoms with van der Waals surface area (Å²) in [5.74, 6) is -0.884. The quantitative estimate of drug-likeness (QED) is 0.383. The van der Waals surface area contributed by atoms with Gasteiger partial charge in [0.05, 0.1) is 22.9 Å². The van der Waals surface area contributed by atoms with Gasteiger partial charge < -0.3 is 15.6 Å². The van der Waals surface area contributed by atoms with Crippen molar-refractivity contribution in [1.82, 2.24) is 5.32 Å². The van der Waals surface area contributed by atoms with Crippen LogP contribution in [0.3, 0.4) is 0 Å². The number of carbonyl (C=O) groups is 2. The van der Waals surface area contributed by atoms with Crippen LogP contribution in [0.2, 0.25) is 5.02 Å². The lowest BCUT2D eigenvalue weighted by Gasteiger charge is -2.16. The van der Waals surface area contributed by atoms with Crippen LogP contribution in [0, 0.1) is 18.3 Å². The van der Waals surface area contributed by atoms with Gasteiger partial charge in [0, 0.05) is 30.2 Å². The van der Waals surface area contributed by atoms with E-state index in [1.54, 1.807) is 32.9 Å². The Balaban J connectivity index is 2.63. The van der Waals surface area contributed by atoms with Crippen LogP contribution in [0.5, 0.6) is 0 Å². The van der Waals surface area contributed by atoms with E-state index < -0.39 is 5.91 Å². The van der Waals surface area contributed by atoms with Crippen LogP contribution < -0.4 is 10.6 Å². The summed E-state index contributed by atoms with van der Waals surface area (Å²) in [7, 11) is 0. The van der Waals surface area contributed by atoms with Crippen molar-refractivity contribution < 1.29 is 9.59 Å². The molecule has 2 aromatic carbocycles. The van der Waals surface area contributed by atoms with Gasteiger partial charge in [0.2, 0.25) is 0 Å². The number of aryl methyl sites for hydroxylation is 1. The molecule has 2 amide bonds. The lowest BCUT2D eigenvalue weighted by Crippen LogP contribution is -2.26. The molecule has 0 spiro atoms. The van der Waals surface area contributed by atoms with Crippen LogP contribution >= 0.6 is 11.6 Å². The van der Waals surface area contributed by atoms with Crippen LogP contribution in [0.4, 0.5) is 5.69 Å². The molecule has 0 atom stereocenters. The minimum Gasteiger partial charge on any atom is -0.352 e. The van der Waals surface area contributed by atoms with Crippen LogP contribution in [0.1, 0.15) is 54.2 Å². The van der Waals surface area contributed by atoms with Gasteiger partial charge in [-0.1, -0.05) is 29.8 Å². The predicted molar refractivity (Wildman–Crippen MR) is 139 cm³/mol. The van der Waals surface area contributed by atoms with E-state index in [-0.39, 0.29) is 17.2 Å². The topological polar surface area (TPSA) is 107 Å². The van der Waals surface area contributed by atoms with Crippen molar-refractivity contribution in [3.8, 4) is 6.07 Å². The number of amides is 2.